The summed E-state index contributed by atoms with van der Waals surface area (Å²) in [4.78, 5) is 18.5. The zero-order valence-corrected chi connectivity index (χ0v) is 16.5. The van der Waals surface area contributed by atoms with Crippen molar-refractivity contribution in [2.24, 2.45) is 0 Å². The smallest absolute Gasteiger partial charge is 0.293 e. The average Bonchev–Trinajstić information content (AvgIpc) is 3.19. The number of amides is 1. The lowest BCUT2D eigenvalue weighted by atomic mass is 10.0. The minimum Gasteiger partial charge on any atom is -0.854 e. The van der Waals surface area contributed by atoms with Crippen LogP contribution in [0.1, 0.15) is 18.7 Å². The molecule has 1 atom stereocenters. The SMILES string of the molecule is CSc1nc([O-])c2[n+](n1)C(c1ccc3c(c1)OCO3)N(C(C)=O)c1ccccc1-2. The molecular formula is C20H16N4O4S. The fourth-order valence-corrected chi connectivity index (χ4v) is 4.08. The van der Waals surface area contributed by atoms with E-state index in [0.717, 1.165) is 5.56 Å². The van der Waals surface area contributed by atoms with Gasteiger partial charge in [-0.05, 0) is 36.6 Å². The Kier molecular flexibility index (Phi) is 4.06. The number of fused-ring (bicyclic) bond motifs is 4. The first-order valence-corrected chi connectivity index (χ1v) is 10.1. The molecule has 0 radical (unpaired) electrons. The Morgan fingerprint density at radius 2 is 2.03 bits per heavy atom. The van der Waals surface area contributed by atoms with Crippen LogP contribution in [0.25, 0.3) is 11.3 Å². The fraction of sp³-hybridized carbons (Fsp3) is 0.200. The summed E-state index contributed by atoms with van der Waals surface area (Å²) in [5.74, 6) is 0.677. The predicted molar refractivity (Wildman–Crippen MR) is 103 cm³/mol. The van der Waals surface area contributed by atoms with Crippen LogP contribution in [-0.4, -0.2) is 29.0 Å². The van der Waals surface area contributed by atoms with Crippen molar-refractivity contribution < 1.29 is 24.1 Å². The van der Waals surface area contributed by atoms with E-state index in [1.165, 1.54) is 18.7 Å². The molecule has 9 heteroatoms. The van der Waals surface area contributed by atoms with Crippen molar-refractivity contribution in [1.82, 2.24) is 10.1 Å². The molecule has 0 N–H and O–H groups in total. The molecule has 1 aromatic heterocycles. The number of anilines is 1. The third kappa shape index (κ3) is 2.69. The van der Waals surface area contributed by atoms with Crippen LogP contribution in [0.3, 0.4) is 0 Å². The van der Waals surface area contributed by atoms with Crippen LogP contribution in [-0.2, 0) is 4.79 Å². The van der Waals surface area contributed by atoms with Crippen LogP contribution in [0, 0.1) is 0 Å². The summed E-state index contributed by atoms with van der Waals surface area (Å²) in [6, 6.07) is 12.8. The van der Waals surface area contributed by atoms with Gasteiger partial charge in [0.15, 0.2) is 11.5 Å². The Morgan fingerprint density at radius 3 is 2.83 bits per heavy atom. The first-order valence-electron chi connectivity index (χ1n) is 8.92. The van der Waals surface area contributed by atoms with Crippen molar-refractivity contribution in [3.05, 3.63) is 48.0 Å². The van der Waals surface area contributed by atoms with Gasteiger partial charge in [0.25, 0.3) is 17.0 Å². The molecule has 2 aromatic carbocycles. The highest BCUT2D eigenvalue weighted by molar-refractivity contribution is 7.98. The third-order valence-electron chi connectivity index (χ3n) is 4.93. The zero-order valence-electron chi connectivity index (χ0n) is 15.7. The molecule has 1 unspecified atom stereocenters. The van der Waals surface area contributed by atoms with E-state index in [1.807, 2.05) is 30.3 Å². The summed E-state index contributed by atoms with van der Waals surface area (Å²) >= 11 is 1.27. The third-order valence-corrected chi connectivity index (χ3v) is 5.47. The molecule has 2 aliphatic heterocycles. The van der Waals surface area contributed by atoms with Gasteiger partial charge in [0.2, 0.25) is 12.7 Å². The second-order valence-corrected chi connectivity index (χ2v) is 7.36. The normalized spacial score (nSPS) is 16.3. The van der Waals surface area contributed by atoms with E-state index in [9.17, 15) is 9.90 Å². The lowest BCUT2D eigenvalue weighted by Gasteiger charge is -2.32. The second kappa shape index (κ2) is 6.63. The van der Waals surface area contributed by atoms with Gasteiger partial charge in [0.1, 0.15) is 0 Å². The number of carbonyl (C=O) groups is 1. The molecule has 0 saturated heterocycles. The minimum absolute atomic E-state index is 0.149. The van der Waals surface area contributed by atoms with Crippen molar-refractivity contribution in [2.75, 3.05) is 17.9 Å². The maximum Gasteiger partial charge on any atom is 0.293 e. The maximum absolute atomic E-state index is 12.9. The molecule has 29 heavy (non-hydrogen) atoms. The number of aromatic nitrogens is 3. The standard InChI is InChI=1S/C20H16N4O4S/c1-11(25)23-14-6-4-3-5-13(14)17-18(26)21-20(29-2)22-24(17)19(23)12-7-8-15-16(9-12)28-10-27-15/h3-9,19H,10H2,1-2H3. The first kappa shape index (κ1) is 17.7. The van der Waals surface area contributed by atoms with E-state index < -0.39 is 6.17 Å². The van der Waals surface area contributed by atoms with E-state index in [2.05, 4.69) is 10.1 Å². The number of ether oxygens (including phenoxy) is 2. The molecule has 0 aliphatic carbocycles. The number of para-hydroxylation sites is 1. The Bertz CT molecular complexity index is 1150. The first-order chi connectivity index (χ1) is 14.1. The molecule has 0 spiro atoms. The number of carbonyl (C=O) groups excluding carboxylic acids is 1. The van der Waals surface area contributed by atoms with Gasteiger partial charge < -0.3 is 14.6 Å². The molecule has 146 valence electrons. The van der Waals surface area contributed by atoms with Crippen LogP contribution in [0.5, 0.6) is 17.4 Å². The van der Waals surface area contributed by atoms with Crippen molar-refractivity contribution in [3.8, 4) is 28.6 Å². The van der Waals surface area contributed by atoms with Gasteiger partial charge in [-0.1, -0.05) is 28.6 Å². The van der Waals surface area contributed by atoms with Gasteiger partial charge >= 0.3 is 0 Å². The molecule has 3 aromatic rings. The lowest BCUT2D eigenvalue weighted by Crippen LogP contribution is -2.58. The Balaban J connectivity index is 1.81. The minimum atomic E-state index is -0.659. The molecule has 8 nitrogen and oxygen atoms in total. The molecule has 0 bridgehead atoms. The van der Waals surface area contributed by atoms with E-state index in [4.69, 9.17) is 9.47 Å². The van der Waals surface area contributed by atoms with E-state index in [0.29, 0.717) is 33.6 Å². The van der Waals surface area contributed by atoms with Crippen LogP contribution in [0.2, 0.25) is 0 Å². The van der Waals surface area contributed by atoms with Crippen molar-refractivity contribution in [3.63, 3.8) is 0 Å². The van der Waals surface area contributed by atoms with E-state index >= 15 is 0 Å². The Hall–Kier alpha value is -3.33. The molecule has 1 amide bonds. The molecule has 5 rings (SSSR count). The zero-order chi connectivity index (χ0) is 20.1. The highest BCUT2D eigenvalue weighted by Crippen LogP contribution is 2.42. The van der Waals surface area contributed by atoms with Gasteiger partial charge in [0.05, 0.1) is 17.1 Å². The van der Waals surface area contributed by atoms with Gasteiger partial charge in [-0.2, -0.15) is 0 Å². The Morgan fingerprint density at radius 1 is 1.24 bits per heavy atom. The van der Waals surface area contributed by atoms with Crippen LogP contribution >= 0.6 is 11.8 Å². The predicted octanol–water partition coefficient (Wildman–Crippen LogP) is 1.87. The second-order valence-electron chi connectivity index (χ2n) is 6.59. The quantitative estimate of drug-likeness (QED) is 0.472. The number of thioether (sulfide) groups is 1. The number of hydrogen-bond acceptors (Lipinski definition) is 7. The van der Waals surface area contributed by atoms with Crippen LogP contribution in [0.15, 0.2) is 47.6 Å². The van der Waals surface area contributed by atoms with Crippen LogP contribution < -0.4 is 24.2 Å². The van der Waals surface area contributed by atoms with E-state index in [1.54, 1.807) is 28.0 Å². The summed E-state index contributed by atoms with van der Waals surface area (Å²) in [5.41, 5.74) is 2.35. The highest BCUT2D eigenvalue weighted by Gasteiger charge is 2.44. The molecule has 0 fully saturated rings. The maximum atomic E-state index is 12.9. The summed E-state index contributed by atoms with van der Waals surface area (Å²) in [6.45, 7) is 1.65. The summed E-state index contributed by atoms with van der Waals surface area (Å²) in [7, 11) is 0. The molecule has 3 heterocycles. The van der Waals surface area contributed by atoms with Gasteiger partial charge in [-0.15, -0.1) is 0 Å². The largest absolute Gasteiger partial charge is 0.854 e. The summed E-state index contributed by atoms with van der Waals surface area (Å²) in [6.07, 6.45) is 1.14. The number of hydrogen-bond donors (Lipinski definition) is 0. The van der Waals surface area contributed by atoms with E-state index in [-0.39, 0.29) is 18.6 Å². The fourth-order valence-electron chi connectivity index (χ4n) is 3.74. The van der Waals surface area contributed by atoms with Crippen molar-refractivity contribution >= 4 is 23.4 Å². The molecular weight excluding hydrogens is 392 g/mol. The summed E-state index contributed by atoms with van der Waals surface area (Å²) < 4.78 is 12.5. The van der Waals surface area contributed by atoms with Gasteiger partial charge in [0, 0.05) is 17.6 Å². The Labute approximate surface area is 170 Å². The molecule has 2 aliphatic rings. The molecule has 0 saturated carbocycles. The van der Waals surface area contributed by atoms with Crippen molar-refractivity contribution in [1.29, 1.82) is 0 Å². The average molecular weight is 408 g/mol. The van der Waals surface area contributed by atoms with Crippen molar-refractivity contribution in [2.45, 2.75) is 18.2 Å². The number of rotatable bonds is 2. The monoisotopic (exact) mass is 408 g/mol. The highest BCUT2D eigenvalue weighted by atomic mass is 32.2. The number of benzene rings is 2. The van der Waals surface area contributed by atoms with Crippen LogP contribution in [0.4, 0.5) is 5.69 Å². The summed E-state index contributed by atoms with van der Waals surface area (Å²) in [5, 5.41) is 17.8. The topological polar surface area (TPSA) is 91.5 Å². The lowest BCUT2D eigenvalue weighted by molar-refractivity contribution is -0.764. The van der Waals surface area contributed by atoms with Gasteiger partial charge in [-0.25, -0.2) is 9.88 Å². The van der Waals surface area contributed by atoms with Gasteiger partial charge in [-0.3, -0.25) is 4.79 Å². The number of nitrogens with zero attached hydrogens (tertiary/aromatic N) is 4.